The Bertz CT molecular complexity index is 668. The standard InChI is InChI=1S/C17H18ClNO2/c1-11-5-7-15(8-13(11)3)21-10-17(20)19-16-9-14(18)6-4-12(16)2/h4-9H,10H2,1-3H3,(H,19,20). The van der Waals surface area contributed by atoms with Gasteiger partial charge in [0.1, 0.15) is 5.75 Å². The summed E-state index contributed by atoms with van der Waals surface area (Å²) in [6, 6.07) is 11.1. The van der Waals surface area contributed by atoms with Crippen molar-refractivity contribution in [3.63, 3.8) is 0 Å². The smallest absolute Gasteiger partial charge is 0.262 e. The molecule has 0 saturated heterocycles. The van der Waals surface area contributed by atoms with E-state index in [4.69, 9.17) is 16.3 Å². The molecule has 1 amide bonds. The van der Waals surface area contributed by atoms with E-state index in [0.29, 0.717) is 16.5 Å². The fourth-order valence-corrected chi connectivity index (χ4v) is 2.04. The first-order chi connectivity index (χ1) is 9.95. The van der Waals surface area contributed by atoms with E-state index in [1.165, 1.54) is 5.56 Å². The van der Waals surface area contributed by atoms with Gasteiger partial charge in [-0.1, -0.05) is 23.7 Å². The third-order valence-electron chi connectivity index (χ3n) is 3.32. The minimum absolute atomic E-state index is 0.0333. The SMILES string of the molecule is Cc1ccc(OCC(=O)Nc2cc(Cl)ccc2C)cc1C. The van der Waals surface area contributed by atoms with Crippen molar-refractivity contribution in [2.45, 2.75) is 20.8 Å². The number of ether oxygens (including phenoxy) is 1. The Morgan fingerprint density at radius 1 is 1.05 bits per heavy atom. The minimum atomic E-state index is -0.210. The molecule has 2 aromatic carbocycles. The number of hydrogen-bond acceptors (Lipinski definition) is 2. The number of nitrogens with one attached hydrogen (secondary N) is 1. The van der Waals surface area contributed by atoms with Crippen LogP contribution in [0.2, 0.25) is 5.02 Å². The third-order valence-corrected chi connectivity index (χ3v) is 3.56. The van der Waals surface area contributed by atoms with E-state index in [1.807, 2.05) is 45.0 Å². The summed E-state index contributed by atoms with van der Waals surface area (Å²) in [5.74, 6) is 0.481. The monoisotopic (exact) mass is 303 g/mol. The summed E-state index contributed by atoms with van der Waals surface area (Å²) in [6.07, 6.45) is 0. The Balaban J connectivity index is 1.95. The highest BCUT2D eigenvalue weighted by Gasteiger charge is 2.07. The highest BCUT2D eigenvalue weighted by molar-refractivity contribution is 6.31. The zero-order valence-corrected chi connectivity index (χ0v) is 13.1. The summed E-state index contributed by atoms with van der Waals surface area (Å²) in [7, 11) is 0. The number of carbonyl (C=O) groups excluding carboxylic acids is 1. The molecule has 0 aromatic heterocycles. The summed E-state index contributed by atoms with van der Waals surface area (Å²) < 4.78 is 5.50. The Morgan fingerprint density at radius 3 is 2.48 bits per heavy atom. The summed E-state index contributed by atoms with van der Waals surface area (Å²) >= 11 is 5.92. The first-order valence-corrected chi connectivity index (χ1v) is 7.09. The molecule has 3 nitrogen and oxygen atoms in total. The topological polar surface area (TPSA) is 38.3 Å². The second kappa shape index (κ2) is 6.64. The average molecular weight is 304 g/mol. The molecule has 0 atom stereocenters. The Kier molecular flexibility index (Phi) is 4.86. The minimum Gasteiger partial charge on any atom is -0.484 e. The van der Waals surface area contributed by atoms with E-state index in [2.05, 4.69) is 5.32 Å². The molecule has 0 bridgehead atoms. The van der Waals surface area contributed by atoms with Crippen LogP contribution in [0.15, 0.2) is 36.4 Å². The van der Waals surface area contributed by atoms with E-state index >= 15 is 0 Å². The largest absolute Gasteiger partial charge is 0.484 e. The van der Waals surface area contributed by atoms with Gasteiger partial charge in [0.2, 0.25) is 0 Å². The Morgan fingerprint density at radius 2 is 1.76 bits per heavy atom. The molecule has 4 heteroatoms. The molecule has 0 spiro atoms. The highest BCUT2D eigenvalue weighted by atomic mass is 35.5. The van der Waals surface area contributed by atoms with Crippen LogP contribution in [-0.2, 0) is 4.79 Å². The van der Waals surface area contributed by atoms with E-state index in [-0.39, 0.29) is 12.5 Å². The van der Waals surface area contributed by atoms with Gasteiger partial charge in [0.05, 0.1) is 0 Å². The molecule has 0 aliphatic rings. The number of rotatable bonds is 4. The average Bonchev–Trinajstić information content (AvgIpc) is 2.44. The van der Waals surface area contributed by atoms with Crippen molar-refractivity contribution in [3.05, 3.63) is 58.1 Å². The number of carbonyl (C=O) groups is 1. The van der Waals surface area contributed by atoms with Crippen molar-refractivity contribution in [1.29, 1.82) is 0 Å². The quantitative estimate of drug-likeness (QED) is 0.915. The predicted molar refractivity (Wildman–Crippen MR) is 86.2 cm³/mol. The van der Waals surface area contributed by atoms with E-state index in [9.17, 15) is 4.79 Å². The first-order valence-electron chi connectivity index (χ1n) is 6.72. The van der Waals surface area contributed by atoms with E-state index in [0.717, 1.165) is 11.1 Å². The maximum Gasteiger partial charge on any atom is 0.262 e. The van der Waals surface area contributed by atoms with Crippen molar-refractivity contribution in [2.24, 2.45) is 0 Å². The molecular weight excluding hydrogens is 286 g/mol. The number of halogens is 1. The molecule has 0 radical (unpaired) electrons. The molecule has 110 valence electrons. The molecule has 0 aliphatic heterocycles. The summed E-state index contributed by atoms with van der Waals surface area (Å²) in [5.41, 5.74) is 4.00. The molecule has 2 rings (SSSR count). The second-order valence-electron chi connectivity index (χ2n) is 5.04. The Labute approximate surface area is 129 Å². The van der Waals surface area contributed by atoms with Gasteiger partial charge in [0, 0.05) is 10.7 Å². The van der Waals surface area contributed by atoms with Crippen molar-refractivity contribution < 1.29 is 9.53 Å². The van der Waals surface area contributed by atoms with Gasteiger partial charge >= 0.3 is 0 Å². The van der Waals surface area contributed by atoms with Crippen LogP contribution in [0.1, 0.15) is 16.7 Å². The number of anilines is 1. The van der Waals surface area contributed by atoms with Gasteiger partial charge in [-0.25, -0.2) is 0 Å². The first kappa shape index (κ1) is 15.4. The van der Waals surface area contributed by atoms with Gasteiger partial charge in [-0.2, -0.15) is 0 Å². The van der Waals surface area contributed by atoms with Crippen LogP contribution in [-0.4, -0.2) is 12.5 Å². The third kappa shape index (κ3) is 4.23. The molecule has 0 heterocycles. The summed E-state index contributed by atoms with van der Waals surface area (Å²) in [4.78, 5) is 11.9. The molecular formula is C17H18ClNO2. The van der Waals surface area contributed by atoms with Crippen LogP contribution in [0.5, 0.6) is 5.75 Å². The number of benzene rings is 2. The zero-order chi connectivity index (χ0) is 15.4. The van der Waals surface area contributed by atoms with Crippen molar-refractivity contribution in [2.75, 3.05) is 11.9 Å². The van der Waals surface area contributed by atoms with Crippen molar-refractivity contribution in [1.82, 2.24) is 0 Å². The molecule has 2 aromatic rings. The van der Waals surface area contributed by atoms with E-state index in [1.54, 1.807) is 12.1 Å². The number of amides is 1. The van der Waals surface area contributed by atoms with Crippen molar-refractivity contribution >= 4 is 23.2 Å². The van der Waals surface area contributed by atoms with Gasteiger partial charge in [0.25, 0.3) is 5.91 Å². The number of aryl methyl sites for hydroxylation is 3. The second-order valence-corrected chi connectivity index (χ2v) is 5.48. The van der Waals surface area contributed by atoms with Gasteiger partial charge in [0.15, 0.2) is 6.61 Å². The van der Waals surface area contributed by atoms with Gasteiger partial charge in [-0.15, -0.1) is 0 Å². The maximum absolute atomic E-state index is 11.9. The lowest BCUT2D eigenvalue weighted by Crippen LogP contribution is -2.20. The van der Waals surface area contributed by atoms with Crippen LogP contribution in [0.25, 0.3) is 0 Å². The van der Waals surface area contributed by atoms with Gasteiger partial charge < -0.3 is 10.1 Å². The highest BCUT2D eigenvalue weighted by Crippen LogP contribution is 2.20. The van der Waals surface area contributed by atoms with Crippen LogP contribution in [0.4, 0.5) is 5.69 Å². The molecule has 0 unspecified atom stereocenters. The molecule has 0 fully saturated rings. The molecule has 1 N–H and O–H groups in total. The van der Waals surface area contributed by atoms with Gasteiger partial charge in [-0.3, -0.25) is 4.79 Å². The van der Waals surface area contributed by atoms with Crippen LogP contribution >= 0.6 is 11.6 Å². The van der Waals surface area contributed by atoms with Gasteiger partial charge in [-0.05, 0) is 61.7 Å². The predicted octanol–water partition coefficient (Wildman–Crippen LogP) is 4.28. The van der Waals surface area contributed by atoms with Crippen LogP contribution in [0.3, 0.4) is 0 Å². The number of hydrogen-bond donors (Lipinski definition) is 1. The molecule has 0 saturated carbocycles. The normalized spacial score (nSPS) is 10.3. The van der Waals surface area contributed by atoms with Crippen LogP contribution in [0, 0.1) is 20.8 Å². The molecule has 0 aliphatic carbocycles. The van der Waals surface area contributed by atoms with E-state index < -0.39 is 0 Å². The van der Waals surface area contributed by atoms with Crippen LogP contribution < -0.4 is 10.1 Å². The summed E-state index contributed by atoms with van der Waals surface area (Å²) in [5, 5.41) is 3.39. The fourth-order valence-electron chi connectivity index (χ4n) is 1.87. The lowest BCUT2D eigenvalue weighted by molar-refractivity contribution is -0.118. The Hall–Kier alpha value is -2.00. The zero-order valence-electron chi connectivity index (χ0n) is 12.4. The molecule has 21 heavy (non-hydrogen) atoms. The van der Waals surface area contributed by atoms with Crippen molar-refractivity contribution in [3.8, 4) is 5.75 Å². The lowest BCUT2D eigenvalue weighted by atomic mass is 10.1. The lowest BCUT2D eigenvalue weighted by Gasteiger charge is -2.11. The summed E-state index contributed by atoms with van der Waals surface area (Å²) in [6.45, 7) is 5.93. The fraction of sp³-hybridized carbons (Fsp3) is 0.235. The maximum atomic E-state index is 11.9.